The second-order valence-electron chi connectivity index (χ2n) is 8.62. The lowest BCUT2D eigenvalue weighted by molar-refractivity contribution is 0.460. The Bertz CT molecular complexity index is 1440. The minimum absolute atomic E-state index is 0.271. The van der Waals surface area contributed by atoms with Crippen molar-refractivity contribution in [1.82, 2.24) is 0 Å². The zero-order valence-electron chi connectivity index (χ0n) is 19.8. The lowest BCUT2D eigenvalue weighted by atomic mass is 10.2. The molecule has 0 bridgehead atoms. The standard InChI is InChI=1S/C28H27O5PS2/c1-23-18-19-27(36(31,32)33)28(22-23)35(29,30)21-11-20-34(24-12-5-2-6-13-24,25-14-7-3-8-15-25)26-16-9-4-10-17-26/h2-10,12-19,22H,11,20-21H2,1H3. The van der Waals surface area contributed by atoms with Crippen LogP contribution in [-0.2, 0) is 20.0 Å². The van der Waals surface area contributed by atoms with Crippen molar-refractivity contribution < 1.29 is 21.4 Å². The van der Waals surface area contributed by atoms with Gasteiger partial charge in [-0.25, -0.2) is 16.8 Å². The minimum atomic E-state index is -4.94. The van der Waals surface area contributed by atoms with E-state index in [1.807, 2.05) is 54.6 Å². The molecule has 4 aromatic rings. The van der Waals surface area contributed by atoms with Crippen LogP contribution in [0.1, 0.15) is 12.0 Å². The van der Waals surface area contributed by atoms with Crippen molar-refractivity contribution in [2.75, 3.05) is 11.9 Å². The zero-order chi connectivity index (χ0) is 25.8. The SMILES string of the molecule is Cc1ccc(S(=O)(=O)[O-])c(S(=O)(=O)CCC[P+](c2ccccc2)(c2ccccc2)c2ccccc2)c1. The van der Waals surface area contributed by atoms with Crippen LogP contribution in [0.5, 0.6) is 0 Å². The third-order valence-corrected chi connectivity index (χ3v) is 13.6. The highest BCUT2D eigenvalue weighted by atomic mass is 32.2. The molecule has 0 saturated carbocycles. The predicted molar refractivity (Wildman–Crippen MR) is 146 cm³/mol. The molecule has 0 amide bonds. The molecule has 4 aromatic carbocycles. The van der Waals surface area contributed by atoms with Gasteiger partial charge in [-0.3, -0.25) is 0 Å². The molecule has 8 heteroatoms. The van der Waals surface area contributed by atoms with Crippen LogP contribution in [-0.4, -0.2) is 33.3 Å². The molecule has 0 spiro atoms. The third kappa shape index (κ3) is 5.45. The van der Waals surface area contributed by atoms with Crippen LogP contribution in [0.15, 0.2) is 119 Å². The fraction of sp³-hybridized carbons (Fsp3) is 0.143. The minimum Gasteiger partial charge on any atom is -0.744 e. The molecule has 5 nitrogen and oxygen atoms in total. The normalized spacial score (nSPS) is 12.4. The Hall–Kier alpha value is -2.83. The largest absolute Gasteiger partial charge is 0.744 e. The van der Waals surface area contributed by atoms with E-state index in [9.17, 15) is 21.4 Å². The van der Waals surface area contributed by atoms with Crippen LogP contribution in [0.3, 0.4) is 0 Å². The lowest BCUT2D eigenvalue weighted by Gasteiger charge is -2.27. The summed E-state index contributed by atoms with van der Waals surface area (Å²) in [6.45, 7) is 1.66. The van der Waals surface area contributed by atoms with Gasteiger partial charge in [0.25, 0.3) is 0 Å². The Morgan fingerprint density at radius 3 is 1.50 bits per heavy atom. The number of benzene rings is 4. The van der Waals surface area contributed by atoms with Gasteiger partial charge >= 0.3 is 0 Å². The lowest BCUT2D eigenvalue weighted by Crippen LogP contribution is -2.34. The van der Waals surface area contributed by atoms with Crippen molar-refractivity contribution in [2.24, 2.45) is 0 Å². The fourth-order valence-electron chi connectivity index (χ4n) is 4.55. The first-order valence-electron chi connectivity index (χ1n) is 11.5. The number of hydrogen-bond donors (Lipinski definition) is 0. The van der Waals surface area contributed by atoms with Gasteiger partial charge in [0.1, 0.15) is 33.3 Å². The first kappa shape index (κ1) is 26.2. The maximum absolute atomic E-state index is 13.4. The summed E-state index contributed by atoms with van der Waals surface area (Å²) < 4.78 is 62.1. The highest BCUT2D eigenvalue weighted by molar-refractivity contribution is 7.96. The maximum atomic E-state index is 13.4. The summed E-state index contributed by atoms with van der Waals surface area (Å²) in [5.41, 5.74) is 0.570. The summed E-state index contributed by atoms with van der Waals surface area (Å²) in [6, 6.07) is 34.1. The summed E-state index contributed by atoms with van der Waals surface area (Å²) in [5.74, 6) is -0.271. The quantitative estimate of drug-likeness (QED) is 0.237. The van der Waals surface area contributed by atoms with Crippen LogP contribution in [0, 0.1) is 6.92 Å². The molecule has 0 aliphatic heterocycles. The van der Waals surface area contributed by atoms with Crippen molar-refractivity contribution >= 4 is 43.1 Å². The van der Waals surface area contributed by atoms with Crippen molar-refractivity contribution in [3.05, 3.63) is 115 Å². The molecule has 0 unspecified atom stereocenters. The van der Waals surface area contributed by atoms with Crippen LogP contribution < -0.4 is 15.9 Å². The molecular weight excluding hydrogens is 511 g/mol. The van der Waals surface area contributed by atoms with E-state index in [0.29, 0.717) is 18.1 Å². The summed E-state index contributed by atoms with van der Waals surface area (Å²) in [7, 11) is -11.2. The molecule has 0 saturated heterocycles. The fourth-order valence-corrected chi connectivity index (χ4v) is 11.8. The van der Waals surface area contributed by atoms with Crippen molar-refractivity contribution in [1.29, 1.82) is 0 Å². The van der Waals surface area contributed by atoms with Gasteiger partial charge in [-0.1, -0.05) is 60.7 Å². The van der Waals surface area contributed by atoms with Crippen LogP contribution in [0.25, 0.3) is 0 Å². The van der Waals surface area contributed by atoms with Gasteiger partial charge in [-0.05, 0) is 67.4 Å². The Morgan fingerprint density at radius 2 is 1.08 bits per heavy atom. The highest BCUT2D eigenvalue weighted by Crippen LogP contribution is 2.55. The molecule has 0 aliphatic carbocycles. The van der Waals surface area contributed by atoms with E-state index in [1.165, 1.54) is 12.1 Å². The van der Waals surface area contributed by atoms with Gasteiger partial charge < -0.3 is 4.55 Å². The maximum Gasteiger partial charge on any atom is 0.179 e. The Labute approximate surface area is 213 Å². The molecule has 0 heterocycles. The number of hydrogen-bond acceptors (Lipinski definition) is 5. The molecule has 0 radical (unpaired) electrons. The average Bonchev–Trinajstić information content (AvgIpc) is 2.87. The van der Waals surface area contributed by atoms with Crippen molar-refractivity contribution in [3.63, 3.8) is 0 Å². The third-order valence-electron chi connectivity index (χ3n) is 6.20. The van der Waals surface area contributed by atoms with Gasteiger partial charge in [0.05, 0.1) is 21.7 Å². The van der Waals surface area contributed by atoms with Gasteiger partial charge in [0.2, 0.25) is 0 Å². The zero-order valence-corrected chi connectivity index (χ0v) is 22.3. The molecule has 0 aromatic heterocycles. The molecule has 4 rings (SSSR count). The Balaban J connectivity index is 1.77. The molecule has 0 fully saturated rings. The summed E-state index contributed by atoms with van der Waals surface area (Å²) >= 11 is 0. The highest BCUT2D eigenvalue weighted by Gasteiger charge is 2.45. The number of sulfone groups is 1. The van der Waals surface area contributed by atoms with E-state index in [4.69, 9.17) is 0 Å². The van der Waals surface area contributed by atoms with Gasteiger partial charge in [0, 0.05) is 0 Å². The molecule has 36 heavy (non-hydrogen) atoms. The second kappa shape index (κ2) is 10.7. The van der Waals surface area contributed by atoms with Gasteiger partial charge in [-0.15, -0.1) is 0 Å². The van der Waals surface area contributed by atoms with Gasteiger partial charge in [0.15, 0.2) is 9.84 Å². The van der Waals surface area contributed by atoms with Crippen LogP contribution in [0.2, 0.25) is 0 Å². The summed E-state index contributed by atoms with van der Waals surface area (Å²) in [5, 5.41) is 3.41. The monoisotopic (exact) mass is 538 g/mol. The summed E-state index contributed by atoms with van der Waals surface area (Å²) in [4.78, 5) is -1.11. The Morgan fingerprint density at radius 1 is 0.639 bits per heavy atom. The van der Waals surface area contributed by atoms with Crippen molar-refractivity contribution in [3.8, 4) is 0 Å². The van der Waals surface area contributed by atoms with E-state index in [-0.39, 0.29) is 5.75 Å². The van der Waals surface area contributed by atoms with Crippen LogP contribution >= 0.6 is 7.26 Å². The molecule has 0 N–H and O–H groups in total. The number of rotatable bonds is 9. The molecule has 0 aliphatic rings. The second-order valence-corrected chi connectivity index (χ2v) is 15.7. The number of aryl methyl sites for hydroxylation is 1. The smallest absolute Gasteiger partial charge is 0.179 e. The van der Waals surface area contributed by atoms with Gasteiger partial charge in [-0.2, -0.15) is 0 Å². The first-order valence-corrected chi connectivity index (χ1v) is 16.5. The Kier molecular flexibility index (Phi) is 7.76. The van der Waals surface area contributed by atoms with E-state index < -0.39 is 37.0 Å². The average molecular weight is 539 g/mol. The molecular formula is C28H27O5PS2. The van der Waals surface area contributed by atoms with E-state index >= 15 is 0 Å². The molecule has 186 valence electrons. The molecule has 0 atom stereocenters. The van der Waals surface area contributed by atoms with E-state index in [2.05, 4.69) is 36.4 Å². The summed E-state index contributed by atoms with van der Waals surface area (Å²) in [6.07, 6.45) is 0.858. The van der Waals surface area contributed by atoms with Crippen LogP contribution in [0.4, 0.5) is 0 Å². The van der Waals surface area contributed by atoms with Crippen molar-refractivity contribution in [2.45, 2.75) is 23.1 Å². The van der Waals surface area contributed by atoms with E-state index in [0.717, 1.165) is 22.0 Å². The first-order chi connectivity index (χ1) is 17.1. The topological polar surface area (TPSA) is 91.3 Å². The predicted octanol–water partition coefficient (Wildman–Crippen LogP) is 4.06. The van der Waals surface area contributed by atoms with E-state index in [1.54, 1.807) is 6.92 Å².